The zero-order chi connectivity index (χ0) is 19.2. The minimum absolute atomic E-state index is 0.0816. The van der Waals surface area contributed by atoms with Gasteiger partial charge in [-0.25, -0.2) is 5.43 Å². The normalized spacial score (nSPS) is 15.4. The van der Waals surface area contributed by atoms with Gasteiger partial charge in [0.1, 0.15) is 0 Å². The van der Waals surface area contributed by atoms with Crippen molar-refractivity contribution in [2.45, 2.75) is 39.0 Å². The number of amides is 2. The van der Waals surface area contributed by atoms with Crippen LogP contribution in [0.15, 0.2) is 50.6 Å². The van der Waals surface area contributed by atoms with E-state index < -0.39 is 5.91 Å². The highest BCUT2D eigenvalue weighted by atomic mass is 79.9. The van der Waals surface area contributed by atoms with E-state index in [1.54, 1.807) is 19.1 Å². The summed E-state index contributed by atoms with van der Waals surface area (Å²) < 4.78 is 5.67. The topological polar surface area (TPSA) is 83.7 Å². The summed E-state index contributed by atoms with van der Waals surface area (Å²) in [6.07, 6.45) is 5.38. The molecule has 1 aliphatic carbocycles. The van der Waals surface area contributed by atoms with Gasteiger partial charge in [-0.15, -0.1) is 0 Å². The number of rotatable bonds is 5. The van der Waals surface area contributed by atoms with Crippen molar-refractivity contribution >= 4 is 39.1 Å². The zero-order valence-electron chi connectivity index (χ0n) is 15.1. The molecule has 142 valence electrons. The van der Waals surface area contributed by atoms with Crippen LogP contribution in [0, 0.1) is 5.92 Å². The van der Waals surface area contributed by atoms with Gasteiger partial charge >= 0.3 is 5.91 Å². The first-order valence-electron chi connectivity index (χ1n) is 9.04. The van der Waals surface area contributed by atoms with Crippen LogP contribution in [0.4, 0.5) is 5.69 Å². The Balaban J connectivity index is 1.63. The summed E-state index contributed by atoms with van der Waals surface area (Å²) in [7, 11) is 0. The number of benzene rings is 1. The predicted molar refractivity (Wildman–Crippen MR) is 108 cm³/mol. The van der Waals surface area contributed by atoms with E-state index in [2.05, 4.69) is 31.8 Å². The number of hydrazone groups is 1. The molecule has 0 spiro atoms. The third-order valence-corrected chi connectivity index (χ3v) is 5.07. The standard InChI is InChI=1S/C20H22BrN3O3/c1-13(23-24-20(26)17-10-11-18(21)27-17)15-8-5-9-16(12-15)22-19(25)14-6-3-2-4-7-14/h5,8-12,14H,2-4,6-7H2,1H3,(H,22,25)(H,24,26)/b23-13+. The third-order valence-electron chi connectivity index (χ3n) is 4.65. The van der Waals surface area contributed by atoms with Crippen molar-refractivity contribution in [1.82, 2.24) is 5.43 Å². The van der Waals surface area contributed by atoms with E-state index in [1.807, 2.05) is 24.3 Å². The van der Waals surface area contributed by atoms with Crippen molar-refractivity contribution in [3.63, 3.8) is 0 Å². The van der Waals surface area contributed by atoms with Gasteiger partial charge in [0.05, 0.1) is 5.71 Å². The first-order valence-corrected chi connectivity index (χ1v) is 9.83. The van der Waals surface area contributed by atoms with Gasteiger partial charge in [-0.2, -0.15) is 5.10 Å². The molecule has 0 bridgehead atoms. The Morgan fingerprint density at radius 1 is 1.15 bits per heavy atom. The van der Waals surface area contributed by atoms with Crippen molar-refractivity contribution in [1.29, 1.82) is 0 Å². The average Bonchev–Trinajstić information content (AvgIpc) is 3.13. The lowest BCUT2D eigenvalue weighted by Crippen LogP contribution is -2.24. The number of hydrogen-bond acceptors (Lipinski definition) is 4. The van der Waals surface area contributed by atoms with Crippen LogP contribution in [0.1, 0.15) is 55.1 Å². The first kappa shape index (κ1) is 19.4. The number of nitrogens with zero attached hydrogens (tertiary/aromatic N) is 1. The summed E-state index contributed by atoms with van der Waals surface area (Å²) in [6, 6.07) is 10.7. The average molecular weight is 432 g/mol. The number of furan rings is 1. The van der Waals surface area contributed by atoms with E-state index in [-0.39, 0.29) is 17.6 Å². The van der Waals surface area contributed by atoms with E-state index >= 15 is 0 Å². The number of carbonyl (C=O) groups excluding carboxylic acids is 2. The van der Waals surface area contributed by atoms with Gasteiger partial charge in [0.25, 0.3) is 0 Å². The van der Waals surface area contributed by atoms with Crippen molar-refractivity contribution in [2.24, 2.45) is 11.0 Å². The number of anilines is 1. The quantitative estimate of drug-likeness (QED) is 0.530. The van der Waals surface area contributed by atoms with E-state index in [4.69, 9.17) is 4.42 Å². The Kier molecular flexibility index (Phi) is 6.45. The molecule has 1 heterocycles. The summed E-state index contributed by atoms with van der Waals surface area (Å²) in [5.41, 5.74) is 4.65. The Morgan fingerprint density at radius 2 is 1.93 bits per heavy atom. The highest BCUT2D eigenvalue weighted by Gasteiger charge is 2.21. The molecule has 1 aliphatic rings. The van der Waals surface area contributed by atoms with Gasteiger partial charge < -0.3 is 9.73 Å². The van der Waals surface area contributed by atoms with Gasteiger partial charge in [-0.05, 0) is 65.5 Å². The van der Waals surface area contributed by atoms with Crippen LogP contribution in [0.2, 0.25) is 0 Å². The van der Waals surface area contributed by atoms with Gasteiger partial charge in [0, 0.05) is 11.6 Å². The molecule has 0 saturated heterocycles. The van der Waals surface area contributed by atoms with E-state index in [0.29, 0.717) is 10.4 Å². The molecule has 3 rings (SSSR count). The number of hydrogen-bond donors (Lipinski definition) is 2. The van der Waals surface area contributed by atoms with Crippen molar-refractivity contribution in [2.75, 3.05) is 5.32 Å². The lowest BCUT2D eigenvalue weighted by atomic mass is 9.88. The lowest BCUT2D eigenvalue weighted by Gasteiger charge is -2.20. The van der Waals surface area contributed by atoms with Crippen LogP contribution in [0.25, 0.3) is 0 Å². The molecule has 1 aromatic heterocycles. The maximum Gasteiger partial charge on any atom is 0.307 e. The largest absolute Gasteiger partial charge is 0.444 e. The summed E-state index contributed by atoms with van der Waals surface area (Å²) in [6.45, 7) is 1.79. The number of nitrogens with one attached hydrogen (secondary N) is 2. The Hall–Kier alpha value is -2.41. The molecule has 2 N–H and O–H groups in total. The minimum atomic E-state index is -0.429. The predicted octanol–water partition coefficient (Wildman–Crippen LogP) is 4.71. The number of carbonyl (C=O) groups is 2. The number of halogens is 1. The Labute approximate surface area is 166 Å². The van der Waals surface area contributed by atoms with Crippen molar-refractivity contribution in [3.8, 4) is 0 Å². The molecule has 1 fully saturated rings. The van der Waals surface area contributed by atoms with Crippen molar-refractivity contribution < 1.29 is 14.0 Å². The molecule has 0 unspecified atom stereocenters. The molecule has 2 amide bonds. The fourth-order valence-corrected chi connectivity index (χ4v) is 3.43. The summed E-state index contributed by atoms with van der Waals surface area (Å²) >= 11 is 3.16. The van der Waals surface area contributed by atoms with Gasteiger partial charge in [0.15, 0.2) is 10.4 Å². The van der Waals surface area contributed by atoms with Crippen LogP contribution in [0.3, 0.4) is 0 Å². The van der Waals surface area contributed by atoms with E-state index in [9.17, 15) is 9.59 Å². The lowest BCUT2D eigenvalue weighted by molar-refractivity contribution is -0.120. The molecule has 1 aromatic carbocycles. The minimum Gasteiger partial charge on any atom is -0.444 e. The summed E-state index contributed by atoms with van der Waals surface area (Å²) in [5, 5.41) is 7.12. The van der Waals surface area contributed by atoms with Crippen LogP contribution in [0.5, 0.6) is 0 Å². The second kappa shape index (κ2) is 8.99. The van der Waals surface area contributed by atoms with Crippen LogP contribution in [-0.2, 0) is 4.79 Å². The molecule has 27 heavy (non-hydrogen) atoms. The molecular weight excluding hydrogens is 410 g/mol. The SMILES string of the molecule is C/C(=N\NC(=O)c1ccc(Br)o1)c1cccc(NC(=O)C2CCCCC2)c1. The van der Waals surface area contributed by atoms with Gasteiger partial charge in [0.2, 0.25) is 5.91 Å². The smallest absolute Gasteiger partial charge is 0.307 e. The summed E-state index contributed by atoms with van der Waals surface area (Å²) in [5.74, 6) is -0.0732. The maximum atomic E-state index is 12.4. The van der Waals surface area contributed by atoms with Crippen molar-refractivity contribution in [3.05, 3.63) is 52.4 Å². The monoisotopic (exact) mass is 431 g/mol. The fourth-order valence-electron chi connectivity index (χ4n) is 3.12. The highest BCUT2D eigenvalue weighted by Crippen LogP contribution is 2.25. The maximum absolute atomic E-state index is 12.4. The second-order valence-corrected chi connectivity index (χ2v) is 7.43. The van der Waals surface area contributed by atoms with Crippen LogP contribution < -0.4 is 10.7 Å². The first-order chi connectivity index (χ1) is 13.0. The van der Waals surface area contributed by atoms with E-state index in [1.165, 1.54) is 6.42 Å². The second-order valence-electron chi connectivity index (χ2n) is 6.65. The zero-order valence-corrected chi connectivity index (χ0v) is 16.7. The fraction of sp³-hybridized carbons (Fsp3) is 0.350. The highest BCUT2D eigenvalue weighted by molar-refractivity contribution is 9.10. The molecule has 7 heteroatoms. The Bertz CT molecular complexity index is 854. The molecule has 2 aromatic rings. The van der Waals surface area contributed by atoms with Crippen LogP contribution in [-0.4, -0.2) is 17.5 Å². The van der Waals surface area contributed by atoms with E-state index in [0.717, 1.165) is 36.9 Å². The van der Waals surface area contributed by atoms with Gasteiger partial charge in [-0.1, -0.05) is 31.4 Å². The van der Waals surface area contributed by atoms with Crippen LogP contribution >= 0.6 is 15.9 Å². The molecule has 0 atom stereocenters. The molecule has 0 aliphatic heterocycles. The third kappa shape index (κ3) is 5.29. The molecular formula is C20H22BrN3O3. The Morgan fingerprint density at radius 3 is 2.63 bits per heavy atom. The molecule has 1 saturated carbocycles. The molecule has 0 radical (unpaired) electrons. The molecule has 6 nitrogen and oxygen atoms in total. The van der Waals surface area contributed by atoms with Gasteiger partial charge in [-0.3, -0.25) is 9.59 Å². The summed E-state index contributed by atoms with van der Waals surface area (Å²) in [4.78, 5) is 24.4.